The van der Waals surface area contributed by atoms with E-state index in [1.807, 2.05) is 28.9 Å². The number of carbonyl (C=O) groups excluding carboxylic acids is 1. The summed E-state index contributed by atoms with van der Waals surface area (Å²) in [5, 5.41) is 7.88. The van der Waals surface area contributed by atoms with Crippen LogP contribution in [-0.2, 0) is 16.8 Å². The molecule has 0 fully saturated rings. The standard InChI is InChI=1S/C21H27N3O/c1-21(2,3)18-14-19(22-20(25)17-12-8-5-9-13-17)24(23-18)15-16-10-6-4-7-11-16/h4-8,10-11,14,17H,9,12-13,15H2,1-3H3,(H,22,25)/t17-/m1/s1. The van der Waals surface area contributed by atoms with E-state index in [-0.39, 0.29) is 17.2 Å². The lowest BCUT2D eigenvalue weighted by atomic mass is 9.92. The molecule has 1 amide bonds. The Morgan fingerprint density at radius 1 is 1.24 bits per heavy atom. The molecule has 4 heteroatoms. The number of allylic oxidation sites excluding steroid dienone is 2. The van der Waals surface area contributed by atoms with Gasteiger partial charge in [-0.15, -0.1) is 0 Å². The Hall–Kier alpha value is -2.36. The Kier molecular flexibility index (Phi) is 5.07. The lowest BCUT2D eigenvalue weighted by Crippen LogP contribution is -2.25. The molecule has 1 aromatic carbocycles. The first-order valence-corrected chi connectivity index (χ1v) is 9.01. The van der Waals surface area contributed by atoms with Crippen molar-refractivity contribution in [1.82, 2.24) is 9.78 Å². The first-order valence-electron chi connectivity index (χ1n) is 9.01. The average Bonchev–Trinajstić information content (AvgIpc) is 2.99. The molecule has 1 aliphatic rings. The second-order valence-corrected chi connectivity index (χ2v) is 7.78. The van der Waals surface area contributed by atoms with E-state index >= 15 is 0 Å². The zero-order valence-corrected chi connectivity index (χ0v) is 15.3. The van der Waals surface area contributed by atoms with Gasteiger partial charge in [0, 0.05) is 17.4 Å². The number of benzene rings is 1. The van der Waals surface area contributed by atoms with Gasteiger partial charge in [-0.3, -0.25) is 4.79 Å². The van der Waals surface area contributed by atoms with Crippen molar-refractivity contribution in [2.45, 2.75) is 52.0 Å². The van der Waals surface area contributed by atoms with Crippen molar-refractivity contribution in [1.29, 1.82) is 0 Å². The first-order chi connectivity index (χ1) is 11.9. The minimum atomic E-state index is -0.0605. The molecule has 1 heterocycles. The molecule has 1 aliphatic carbocycles. The Morgan fingerprint density at radius 3 is 2.64 bits per heavy atom. The second-order valence-electron chi connectivity index (χ2n) is 7.78. The van der Waals surface area contributed by atoms with Crippen molar-refractivity contribution in [3.8, 4) is 0 Å². The van der Waals surface area contributed by atoms with Gasteiger partial charge < -0.3 is 5.32 Å². The van der Waals surface area contributed by atoms with Gasteiger partial charge in [0.2, 0.25) is 5.91 Å². The van der Waals surface area contributed by atoms with Crippen LogP contribution in [0, 0.1) is 5.92 Å². The quantitative estimate of drug-likeness (QED) is 0.834. The molecule has 0 radical (unpaired) electrons. The largest absolute Gasteiger partial charge is 0.311 e. The summed E-state index contributed by atoms with van der Waals surface area (Å²) in [4.78, 5) is 12.6. The zero-order chi connectivity index (χ0) is 17.9. The summed E-state index contributed by atoms with van der Waals surface area (Å²) in [6.07, 6.45) is 6.98. The van der Waals surface area contributed by atoms with Gasteiger partial charge in [0.25, 0.3) is 0 Å². The monoisotopic (exact) mass is 337 g/mol. The first kappa shape index (κ1) is 17.5. The van der Waals surface area contributed by atoms with Gasteiger partial charge in [-0.05, 0) is 24.8 Å². The van der Waals surface area contributed by atoms with E-state index in [9.17, 15) is 4.79 Å². The van der Waals surface area contributed by atoms with E-state index in [0.717, 1.165) is 30.8 Å². The molecule has 0 aliphatic heterocycles. The topological polar surface area (TPSA) is 46.9 Å². The van der Waals surface area contributed by atoms with Crippen LogP contribution in [0.15, 0.2) is 48.6 Å². The fraction of sp³-hybridized carbons (Fsp3) is 0.429. The highest BCUT2D eigenvalue weighted by molar-refractivity contribution is 5.92. The van der Waals surface area contributed by atoms with Gasteiger partial charge in [-0.1, -0.05) is 63.3 Å². The highest BCUT2D eigenvalue weighted by Gasteiger charge is 2.23. The van der Waals surface area contributed by atoms with Gasteiger partial charge in [-0.2, -0.15) is 5.10 Å². The van der Waals surface area contributed by atoms with Crippen molar-refractivity contribution in [2.75, 3.05) is 5.32 Å². The van der Waals surface area contributed by atoms with Gasteiger partial charge in [0.15, 0.2) is 0 Å². The lowest BCUT2D eigenvalue weighted by molar-refractivity contribution is -0.120. The number of hydrogen-bond donors (Lipinski definition) is 1. The molecular formula is C21H27N3O. The van der Waals surface area contributed by atoms with Crippen LogP contribution in [0.1, 0.15) is 51.3 Å². The molecule has 2 aromatic rings. The summed E-state index contributed by atoms with van der Waals surface area (Å²) < 4.78 is 1.91. The summed E-state index contributed by atoms with van der Waals surface area (Å²) in [6.45, 7) is 7.07. The Bertz CT molecular complexity index is 753. The SMILES string of the molecule is CC(C)(C)c1cc(NC(=O)[C@@H]2CC=CCC2)n(Cc2ccccc2)n1. The van der Waals surface area contributed by atoms with E-state index in [2.05, 4.69) is 50.4 Å². The molecule has 1 aromatic heterocycles. The molecule has 0 unspecified atom stereocenters. The smallest absolute Gasteiger partial charge is 0.228 e. The summed E-state index contributed by atoms with van der Waals surface area (Å²) in [7, 11) is 0. The van der Waals surface area contributed by atoms with Crippen molar-refractivity contribution in [3.63, 3.8) is 0 Å². The number of nitrogens with zero attached hydrogens (tertiary/aromatic N) is 2. The van der Waals surface area contributed by atoms with E-state index in [1.54, 1.807) is 0 Å². The van der Waals surface area contributed by atoms with Crippen LogP contribution in [0.2, 0.25) is 0 Å². The van der Waals surface area contributed by atoms with Crippen molar-refractivity contribution >= 4 is 11.7 Å². The molecule has 1 N–H and O–H groups in total. The molecule has 0 saturated heterocycles. The highest BCUT2D eigenvalue weighted by Crippen LogP contribution is 2.26. The Morgan fingerprint density at radius 2 is 2.00 bits per heavy atom. The predicted molar refractivity (Wildman–Crippen MR) is 102 cm³/mol. The Balaban J connectivity index is 1.84. The molecule has 4 nitrogen and oxygen atoms in total. The minimum Gasteiger partial charge on any atom is -0.311 e. The highest BCUT2D eigenvalue weighted by atomic mass is 16.2. The van der Waals surface area contributed by atoms with E-state index < -0.39 is 0 Å². The number of carbonyl (C=O) groups is 1. The molecule has 132 valence electrons. The molecule has 25 heavy (non-hydrogen) atoms. The van der Waals surface area contributed by atoms with Crippen LogP contribution in [0.5, 0.6) is 0 Å². The molecule has 3 rings (SSSR count). The van der Waals surface area contributed by atoms with Crippen LogP contribution in [0.25, 0.3) is 0 Å². The van der Waals surface area contributed by atoms with Crippen LogP contribution < -0.4 is 5.32 Å². The summed E-state index contributed by atoms with van der Waals surface area (Å²) in [6, 6.07) is 12.2. The third kappa shape index (κ3) is 4.38. The normalized spacial score (nSPS) is 17.5. The predicted octanol–water partition coefficient (Wildman–Crippen LogP) is 4.52. The van der Waals surface area contributed by atoms with Crippen molar-refractivity contribution in [3.05, 3.63) is 59.8 Å². The fourth-order valence-corrected chi connectivity index (χ4v) is 3.02. The van der Waals surface area contributed by atoms with Crippen LogP contribution >= 0.6 is 0 Å². The maximum Gasteiger partial charge on any atom is 0.228 e. The van der Waals surface area contributed by atoms with Gasteiger partial charge in [-0.25, -0.2) is 4.68 Å². The molecule has 1 atom stereocenters. The van der Waals surface area contributed by atoms with Gasteiger partial charge in [0.05, 0.1) is 12.2 Å². The van der Waals surface area contributed by atoms with Gasteiger partial charge >= 0.3 is 0 Å². The summed E-state index contributed by atoms with van der Waals surface area (Å²) in [5.74, 6) is 0.940. The molecular weight excluding hydrogens is 310 g/mol. The number of rotatable bonds is 4. The van der Waals surface area contributed by atoms with E-state index in [4.69, 9.17) is 5.10 Å². The lowest BCUT2D eigenvalue weighted by Gasteiger charge is -2.17. The van der Waals surface area contributed by atoms with E-state index in [0.29, 0.717) is 6.54 Å². The second kappa shape index (κ2) is 7.26. The zero-order valence-electron chi connectivity index (χ0n) is 15.3. The van der Waals surface area contributed by atoms with Crippen LogP contribution in [-0.4, -0.2) is 15.7 Å². The Labute approximate surface area is 149 Å². The maximum atomic E-state index is 12.6. The van der Waals surface area contributed by atoms with E-state index in [1.165, 1.54) is 5.56 Å². The minimum absolute atomic E-state index is 0.0585. The third-order valence-electron chi connectivity index (χ3n) is 4.61. The molecule has 0 spiro atoms. The molecule has 0 saturated carbocycles. The number of hydrogen-bond acceptors (Lipinski definition) is 2. The number of nitrogens with one attached hydrogen (secondary N) is 1. The fourth-order valence-electron chi connectivity index (χ4n) is 3.02. The van der Waals surface area contributed by atoms with Crippen molar-refractivity contribution < 1.29 is 4.79 Å². The average molecular weight is 337 g/mol. The maximum absolute atomic E-state index is 12.6. The number of aromatic nitrogens is 2. The third-order valence-corrected chi connectivity index (χ3v) is 4.61. The van der Waals surface area contributed by atoms with Crippen LogP contribution in [0.3, 0.4) is 0 Å². The summed E-state index contributed by atoms with van der Waals surface area (Å²) in [5.41, 5.74) is 2.10. The van der Waals surface area contributed by atoms with Gasteiger partial charge in [0.1, 0.15) is 5.82 Å². The van der Waals surface area contributed by atoms with Crippen molar-refractivity contribution in [2.24, 2.45) is 5.92 Å². The molecule has 0 bridgehead atoms. The van der Waals surface area contributed by atoms with Crippen LogP contribution in [0.4, 0.5) is 5.82 Å². The number of anilines is 1. The number of amides is 1. The summed E-state index contributed by atoms with van der Waals surface area (Å²) >= 11 is 0.